The number of hydrogen-bond acceptors (Lipinski definition) is 6. The van der Waals surface area contributed by atoms with Crippen molar-refractivity contribution in [3.63, 3.8) is 0 Å². The van der Waals surface area contributed by atoms with Crippen LogP contribution in [0.4, 0.5) is 5.69 Å². The van der Waals surface area contributed by atoms with E-state index in [2.05, 4.69) is 15.5 Å². The Morgan fingerprint density at radius 3 is 2.86 bits per heavy atom. The molecule has 0 bridgehead atoms. The van der Waals surface area contributed by atoms with E-state index in [1.54, 1.807) is 31.2 Å². The average molecular weight is 322 g/mol. The van der Waals surface area contributed by atoms with Crippen molar-refractivity contribution in [3.05, 3.63) is 45.1 Å². The lowest BCUT2D eigenvalue weighted by Crippen LogP contribution is -2.28. The van der Waals surface area contributed by atoms with Gasteiger partial charge >= 0.3 is 5.69 Å². The van der Waals surface area contributed by atoms with Gasteiger partial charge in [0.05, 0.1) is 12.4 Å². The molecular weight excluding hydrogens is 308 g/mol. The van der Waals surface area contributed by atoms with Gasteiger partial charge in [-0.05, 0) is 19.1 Å². The Balaban J connectivity index is 2.05. The number of anilines is 1. The van der Waals surface area contributed by atoms with Gasteiger partial charge in [-0.2, -0.15) is 5.10 Å². The molecular formula is C13H14N4O4S. The second-order valence-corrected chi connectivity index (χ2v) is 5.62. The molecule has 1 aromatic carbocycles. The predicted octanol–water partition coefficient (Wildman–Crippen LogP) is 0.586. The van der Waals surface area contributed by atoms with Gasteiger partial charge in [-0.25, -0.2) is 9.89 Å². The highest BCUT2D eigenvalue weighted by molar-refractivity contribution is 8.00. The molecule has 3 N–H and O–H groups in total. The minimum absolute atomic E-state index is 0.0212. The van der Waals surface area contributed by atoms with Gasteiger partial charge in [-0.3, -0.25) is 14.6 Å². The molecule has 0 unspecified atom stereocenters. The van der Waals surface area contributed by atoms with Crippen LogP contribution >= 0.6 is 11.8 Å². The van der Waals surface area contributed by atoms with Gasteiger partial charge < -0.3 is 10.1 Å². The third kappa shape index (κ3) is 3.98. The Labute approximate surface area is 129 Å². The van der Waals surface area contributed by atoms with Gasteiger partial charge in [0, 0.05) is 11.8 Å². The van der Waals surface area contributed by atoms with E-state index in [-0.39, 0.29) is 10.9 Å². The number of amides is 1. The molecule has 9 heteroatoms. The fraction of sp³-hybridized carbons (Fsp3) is 0.231. The summed E-state index contributed by atoms with van der Waals surface area (Å²) in [7, 11) is 1.54. The number of benzene rings is 1. The summed E-state index contributed by atoms with van der Waals surface area (Å²) in [5.74, 6) is 0.322. The molecule has 0 fully saturated rings. The number of carbonyl (C=O) groups excluding carboxylic acids is 1. The third-order valence-electron chi connectivity index (χ3n) is 2.68. The molecule has 8 nitrogen and oxygen atoms in total. The molecule has 0 spiro atoms. The molecule has 1 heterocycles. The second-order valence-electron chi connectivity index (χ2n) is 4.29. The molecule has 1 aromatic heterocycles. The molecule has 2 rings (SSSR count). The second kappa shape index (κ2) is 6.94. The van der Waals surface area contributed by atoms with E-state index in [4.69, 9.17) is 4.74 Å². The number of nitrogens with one attached hydrogen (secondary N) is 3. The molecule has 0 saturated carbocycles. The predicted molar refractivity (Wildman–Crippen MR) is 82.4 cm³/mol. The molecule has 1 amide bonds. The first-order chi connectivity index (χ1) is 10.5. The van der Waals surface area contributed by atoms with E-state index < -0.39 is 16.5 Å². The van der Waals surface area contributed by atoms with Crippen molar-refractivity contribution in [1.29, 1.82) is 0 Å². The topological polar surface area (TPSA) is 117 Å². The van der Waals surface area contributed by atoms with Gasteiger partial charge in [0.25, 0.3) is 5.56 Å². The smallest absolute Gasteiger partial charge is 0.342 e. The number of thioether (sulfide) groups is 1. The highest BCUT2D eigenvalue weighted by atomic mass is 32.2. The SMILES string of the molecule is COc1cccc(NC(=O)[C@H](C)Sc2n[nH]c(=O)[nH]c2=O)c1. The standard InChI is InChI=1S/C13H14N4O4S/c1-7(22-12-11(19)15-13(20)17-16-12)10(18)14-8-4-3-5-9(6-8)21-2/h3-7H,1-2H3,(H,14,18)(H2,15,17,19,20)/t7-/m0/s1. The number of nitrogens with zero attached hydrogens (tertiary/aromatic N) is 1. The molecule has 116 valence electrons. The maximum Gasteiger partial charge on any atom is 0.342 e. The highest BCUT2D eigenvalue weighted by Crippen LogP contribution is 2.20. The van der Waals surface area contributed by atoms with Crippen molar-refractivity contribution >= 4 is 23.4 Å². The third-order valence-corrected chi connectivity index (χ3v) is 3.74. The number of aromatic amines is 2. The maximum atomic E-state index is 12.1. The Hall–Kier alpha value is -2.55. The summed E-state index contributed by atoms with van der Waals surface area (Å²) in [4.78, 5) is 36.6. The van der Waals surface area contributed by atoms with E-state index in [1.807, 2.05) is 4.98 Å². The first-order valence-electron chi connectivity index (χ1n) is 6.30. The minimum Gasteiger partial charge on any atom is -0.497 e. The van der Waals surface area contributed by atoms with Crippen molar-refractivity contribution in [2.75, 3.05) is 12.4 Å². The number of rotatable bonds is 5. The first kappa shape index (κ1) is 15.8. The molecule has 22 heavy (non-hydrogen) atoms. The summed E-state index contributed by atoms with van der Waals surface area (Å²) in [5, 5.41) is 7.89. The first-order valence-corrected chi connectivity index (χ1v) is 7.18. The zero-order chi connectivity index (χ0) is 16.1. The Kier molecular flexibility index (Phi) is 4.99. The lowest BCUT2D eigenvalue weighted by molar-refractivity contribution is -0.115. The van der Waals surface area contributed by atoms with Gasteiger partial charge in [0.1, 0.15) is 5.75 Å². The largest absolute Gasteiger partial charge is 0.497 e. The van der Waals surface area contributed by atoms with Crippen LogP contribution in [-0.2, 0) is 4.79 Å². The van der Waals surface area contributed by atoms with Crippen LogP contribution in [0, 0.1) is 0 Å². The Morgan fingerprint density at radius 1 is 1.41 bits per heavy atom. The van der Waals surface area contributed by atoms with Crippen LogP contribution in [0.3, 0.4) is 0 Å². The van der Waals surface area contributed by atoms with Gasteiger partial charge in [0.2, 0.25) is 5.91 Å². The molecule has 1 atom stereocenters. The Bertz CT molecular complexity index is 786. The summed E-state index contributed by atoms with van der Waals surface area (Å²) >= 11 is 0.948. The molecule has 0 radical (unpaired) electrons. The highest BCUT2D eigenvalue weighted by Gasteiger charge is 2.17. The van der Waals surface area contributed by atoms with Gasteiger partial charge in [-0.15, -0.1) is 0 Å². The van der Waals surface area contributed by atoms with Crippen LogP contribution < -0.4 is 21.3 Å². The van der Waals surface area contributed by atoms with E-state index in [1.165, 1.54) is 7.11 Å². The van der Waals surface area contributed by atoms with Crippen LogP contribution in [0.2, 0.25) is 0 Å². The Morgan fingerprint density at radius 2 is 2.18 bits per heavy atom. The van der Waals surface area contributed by atoms with E-state index >= 15 is 0 Å². The van der Waals surface area contributed by atoms with Crippen molar-refractivity contribution in [2.45, 2.75) is 17.2 Å². The summed E-state index contributed by atoms with van der Waals surface area (Å²) in [6.45, 7) is 1.63. The lowest BCUT2D eigenvalue weighted by atomic mass is 10.3. The van der Waals surface area contributed by atoms with E-state index in [9.17, 15) is 14.4 Å². The van der Waals surface area contributed by atoms with Crippen molar-refractivity contribution in [1.82, 2.24) is 15.2 Å². The molecule has 0 saturated heterocycles. The fourth-order valence-electron chi connectivity index (χ4n) is 1.58. The maximum absolute atomic E-state index is 12.1. The molecule has 0 aliphatic rings. The lowest BCUT2D eigenvalue weighted by Gasteiger charge is -2.11. The number of ether oxygens (including phenoxy) is 1. The van der Waals surface area contributed by atoms with Crippen molar-refractivity contribution in [3.8, 4) is 5.75 Å². The molecule has 0 aliphatic carbocycles. The zero-order valence-corrected chi connectivity index (χ0v) is 12.7. The van der Waals surface area contributed by atoms with E-state index in [0.29, 0.717) is 11.4 Å². The summed E-state index contributed by atoms with van der Waals surface area (Å²) in [6, 6.07) is 6.92. The normalized spacial score (nSPS) is 11.7. The van der Waals surface area contributed by atoms with Crippen LogP contribution in [-0.4, -0.2) is 33.4 Å². The van der Waals surface area contributed by atoms with Gasteiger partial charge in [-0.1, -0.05) is 17.8 Å². The zero-order valence-electron chi connectivity index (χ0n) is 11.9. The van der Waals surface area contributed by atoms with Crippen LogP contribution in [0.1, 0.15) is 6.92 Å². The number of carbonyl (C=O) groups is 1. The number of hydrogen-bond donors (Lipinski definition) is 3. The summed E-state index contributed by atoms with van der Waals surface area (Å²) in [6.07, 6.45) is 0. The average Bonchev–Trinajstić information content (AvgIpc) is 2.50. The molecule has 0 aliphatic heterocycles. The van der Waals surface area contributed by atoms with Crippen LogP contribution in [0.25, 0.3) is 0 Å². The number of aromatic nitrogens is 3. The number of H-pyrrole nitrogens is 2. The summed E-state index contributed by atoms with van der Waals surface area (Å²) < 4.78 is 5.07. The summed E-state index contributed by atoms with van der Waals surface area (Å²) in [5.41, 5.74) is -0.738. The quantitative estimate of drug-likeness (QED) is 0.694. The van der Waals surface area contributed by atoms with Crippen molar-refractivity contribution in [2.24, 2.45) is 0 Å². The fourth-order valence-corrected chi connectivity index (χ4v) is 2.34. The number of methoxy groups -OCH3 is 1. The monoisotopic (exact) mass is 322 g/mol. The van der Waals surface area contributed by atoms with Crippen LogP contribution in [0.15, 0.2) is 38.9 Å². The van der Waals surface area contributed by atoms with Crippen LogP contribution in [0.5, 0.6) is 5.75 Å². The van der Waals surface area contributed by atoms with E-state index in [0.717, 1.165) is 11.8 Å². The molecule has 2 aromatic rings. The van der Waals surface area contributed by atoms with Crippen molar-refractivity contribution < 1.29 is 9.53 Å². The van der Waals surface area contributed by atoms with Gasteiger partial charge in [0.15, 0.2) is 5.03 Å². The minimum atomic E-state index is -0.692.